The molecule has 0 radical (unpaired) electrons. The van der Waals surface area contributed by atoms with E-state index in [1.54, 1.807) is 0 Å². The first kappa shape index (κ1) is 15.6. The highest BCUT2D eigenvalue weighted by Crippen LogP contribution is 2.30. The minimum absolute atomic E-state index is 0.820. The molecule has 21 heavy (non-hydrogen) atoms. The van der Waals surface area contributed by atoms with Crippen molar-refractivity contribution in [3.63, 3.8) is 0 Å². The van der Waals surface area contributed by atoms with Crippen molar-refractivity contribution in [2.75, 3.05) is 5.73 Å². The van der Waals surface area contributed by atoms with E-state index in [1.165, 1.54) is 23.1 Å². The number of hydrogen-bond donors (Lipinski definition) is 1. The molecule has 0 atom stereocenters. The van der Waals surface area contributed by atoms with Crippen molar-refractivity contribution in [1.82, 2.24) is 9.55 Å². The van der Waals surface area contributed by atoms with Gasteiger partial charge in [-0.05, 0) is 38.3 Å². The number of rotatable bonds is 6. The molecule has 1 heterocycles. The van der Waals surface area contributed by atoms with E-state index in [-0.39, 0.29) is 0 Å². The van der Waals surface area contributed by atoms with Gasteiger partial charge in [-0.1, -0.05) is 38.0 Å². The Bertz CT molecular complexity index is 611. The Hall–Kier alpha value is -1.77. The maximum absolute atomic E-state index is 6.43. The maximum Gasteiger partial charge on any atom is 0.131 e. The molecule has 1 aromatic heterocycles. The van der Waals surface area contributed by atoms with Crippen LogP contribution in [0, 0.1) is 13.8 Å². The van der Waals surface area contributed by atoms with Gasteiger partial charge < -0.3 is 10.3 Å². The molecule has 0 aliphatic rings. The molecule has 2 aromatic rings. The highest BCUT2D eigenvalue weighted by Gasteiger charge is 2.16. The van der Waals surface area contributed by atoms with Gasteiger partial charge in [0.25, 0.3) is 0 Å². The molecule has 2 N–H and O–H groups in total. The third-order valence-corrected chi connectivity index (χ3v) is 3.94. The average Bonchev–Trinajstić information content (AvgIpc) is 2.76. The van der Waals surface area contributed by atoms with Gasteiger partial charge in [-0.2, -0.15) is 0 Å². The number of aryl methyl sites for hydroxylation is 3. The second-order valence-corrected chi connectivity index (χ2v) is 5.84. The van der Waals surface area contributed by atoms with E-state index < -0.39 is 0 Å². The lowest BCUT2D eigenvalue weighted by Crippen LogP contribution is -2.07. The first-order chi connectivity index (χ1) is 10.1. The Morgan fingerprint density at radius 2 is 1.90 bits per heavy atom. The minimum atomic E-state index is 0.820. The van der Waals surface area contributed by atoms with Crippen LogP contribution in [-0.2, 0) is 13.0 Å². The second kappa shape index (κ2) is 6.79. The van der Waals surface area contributed by atoms with Crippen molar-refractivity contribution in [1.29, 1.82) is 0 Å². The summed E-state index contributed by atoms with van der Waals surface area (Å²) in [7, 11) is 0. The fourth-order valence-electron chi connectivity index (χ4n) is 2.68. The molecule has 3 nitrogen and oxygen atoms in total. The lowest BCUT2D eigenvalue weighted by atomic mass is 10.0. The number of hydrogen-bond acceptors (Lipinski definition) is 2. The van der Waals surface area contributed by atoms with Gasteiger partial charge in [-0.25, -0.2) is 4.98 Å². The van der Waals surface area contributed by atoms with Crippen LogP contribution in [-0.4, -0.2) is 9.55 Å². The van der Waals surface area contributed by atoms with Crippen LogP contribution in [0.1, 0.15) is 50.1 Å². The predicted octanol–water partition coefficient (Wildman–Crippen LogP) is 4.50. The number of anilines is 1. The predicted molar refractivity (Wildman–Crippen MR) is 90.5 cm³/mol. The van der Waals surface area contributed by atoms with Crippen molar-refractivity contribution < 1.29 is 0 Å². The minimum Gasteiger partial charge on any atom is -0.383 e. The Morgan fingerprint density at radius 1 is 1.14 bits per heavy atom. The number of imidazole rings is 1. The number of unbranched alkanes of at least 4 members (excludes halogenated alkanes) is 1. The summed E-state index contributed by atoms with van der Waals surface area (Å²) >= 11 is 0. The molecule has 0 aliphatic carbocycles. The van der Waals surface area contributed by atoms with Gasteiger partial charge in [0.15, 0.2) is 0 Å². The lowest BCUT2D eigenvalue weighted by molar-refractivity contribution is 0.604. The highest BCUT2D eigenvalue weighted by molar-refractivity contribution is 5.74. The van der Waals surface area contributed by atoms with E-state index >= 15 is 0 Å². The summed E-state index contributed by atoms with van der Waals surface area (Å²) in [6, 6.07) is 6.47. The Balaban J connectivity index is 2.51. The lowest BCUT2D eigenvalue weighted by Gasteiger charge is -2.09. The zero-order chi connectivity index (χ0) is 15.4. The van der Waals surface area contributed by atoms with E-state index in [0.717, 1.165) is 43.1 Å². The standard InChI is InChI=1S/C18H27N3/c1-5-7-11-21-16(8-6-2)20-17(18(21)19)15-12-13(3)9-10-14(15)4/h9-10,12H,5-8,11,19H2,1-4H3. The topological polar surface area (TPSA) is 43.8 Å². The molecule has 0 aliphatic heterocycles. The number of aromatic nitrogens is 2. The van der Waals surface area contributed by atoms with Crippen LogP contribution >= 0.6 is 0 Å². The summed E-state index contributed by atoms with van der Waals surface area (Å²) in [4.78, 5) is 4.86. The van der Waals surface area contributed by atoms with Crippen LogP contribution in [0.2, 0.25) is 0 Å². The molecule has 1 aromatic carbocycles. The molecular formula is C18H27N3. The Morgan fingerprint density at radius 3 is 2.57 bits per heavy atom. The average molecular weight is 285 g/mol. The quantitative estimate of drug-likeness (QED) is 0.849. The molecule has 0 fully saturated rings. The van der Waals surface area contributed by atoms with Gasteiger partial charge in [-0.15, -0.1) is 0 Å². The molecular weight excluding hydrogens is 258 g/mol. The first-order valence-electron chi connectivity index (χ1n) is 8.01. The van der Waals surface area contributed by atoms with Crippen molar-refractivity contribution in [2.24, 2.45) is 0 Å². The summed E-state index contributed by atoms with van der Waals surface area (Å²) in [5, 5.41) is 0. The fourth-order valence-corrected chi connectivity index (χ4v) is 2.68. The third kappa shape index (κ3) is 3.29. The maximum atomic E-state index is 6.43. The normalized spacial score (nSPS) is 11.0. The van der Waals surface area contributed by atoms with Gasteiger partial charge in [0.1, 0.15) is 17.3 Å². The van der Waals surface area contributed by atoms with Crippen molar-refractivity contribution >= 4 is 5.82 Å². The fraction of sp³-hybridized carbons (Fsp3) is 0.500. The summed E-state index contributed by atoms with van der Waals surface area (Å²) in [6.45, 7) is 9.60. The molecule has 0 amide bonds. The van der Waals surface area contributed by atoms with Crippen LogP contribution in [0.25, 0.3) is 11.3 Å². The Labute approximate surface area is 128 Å². The molecule has 0 bridgehead atoms. The monoisotopic (exact) mass is 285 g/mol. The first-order valence-corrected chi connectivity index (χ1v) is 8.01. The zero-order valence-corrected chi connectivity index (χ0v) is 13.7. The number of nitrogens with two attached hydrogens (primary N) is 1. The number of nitrogens with zero attached hydrogens (tertiary/aromatic N) is 2. The van der Waals surface area contributed by atoms with Crippen LogP contribution < -0.4 is 5.73 Å². The van der Waals surface area contributed by atoms with Crippen molar-refractivity contribution in [3.8, 4) is 11.3 Å². The summed E-state index contributed by atoms with van der Waals surface area (Å²) in [6.07, 6.45) is 4.39. The second-order valence-electron chi connectivity index (χ2n) is 5.84. The summed E-state index contributed by atoms with van der Waals surface area (Å²) < 4.78 is 2.21. The van der Waals surface area contributed by atoms with Crippen LogP contribution in [0.5, 0.6) is 0 Å². The zero-order valence-electron chi connectivity index (χ0n) is 13.7. The van der Waals surface area contributed by atoms with Crippen LogP contribution in [0.15, 0.2) is 18.2 Å². The molecule has 114 valence electrons. The third-order valence-electron chi connectivity index (χ3n) is 3.94. The van der Waals surface area contributed by atoms with E-state index in [9.17, 15) is 0 Å². The van der Waals surface area contributed by atoms with Gasteiger partial charge in [0.05, 0.1) is 0 Å². The number of benzene rings is 1. The summed E-state index contributed by atoms with van der Waals surface area (Å²) in [5.41, 5.74) is 11.0. The van der Waals surface area contributed by atoms with Gasteiger partial charge in [-0.3, -0.25) is 0 Å². The van der Waals surface area contributed by atoms with Gasteiger partial charge >= 0.3 is 0 Å². The van der Waals surface area contributed by atoms with Crippen molar-refractivity contribution in [3.05, 3.63) is 35.2 Å². The molecule has 2 rings (SSSR count). The van der Waals surface area contributed by atoms with Crippen LogP contribution in [0.3, 0.4) is 0 Å². The van der Waals surface area contributed by atoms with Gasteiger partial charge in [0, 0.05) is 18.5 Å². The summed E-state index contributed by atoms with van der Waals surface area (Å²) in [5.74, 6) is 1.94. The van der Waals surface area contributed by atoms with Gasteiger partial charge in [0.2, 0.25) is 0 Å². The largest absolute Gasteiger partial charge is 0.383 e. The van der Waals surface area contributed by atoms with Crippen LogP contribution in [0.4, 0.5) is 5.82 Å². The Kier molecular flexibility index (Phi) is 5.05. The van der Waals surface area contributed by atoms with E-state index in [2.05, 4.69) is 50.5 Å². The molecule has 0 saturated heterocycles. The SMILES string of the molecule is CCCCn1c(CCC)nc(-c2cc(C)ccc2C)c1N. The van der Waals surface area contributed by atoms with E-state index in [4.69, 9.17) is 10.7 Å². The highest BCUT2D eigenvalue weighted by atomic mass is 15.1. The molecule has 0 spiro atoms. The van der Waals surface area contributed by atoms with E-state index in [0.29, 0.717) is 0 Å². The molecule has 0 unspecified atom stereocenters. The number of nitrogen functional groups attached to an aromatic ring is 1. The molecule has 0 saturated carbocycles. The smallest absolute Gasteiger partial charge is 0.131 e. The van der Waals surface area contributed by atoms with E-state index in [1.807, 2.05) is 0 Å². The molecule has 3 heteroatoms. The van der Waals surface area contributed by atoms with Crippen molar-refractivity contribution in [2.45, 2.75) is 59.9 Å².